The molecule has 2 aromatic heterocycles. The standard InChI is InChI=1S/C54H35BN2S/c1-4-17-36(18-5-1)40-25-16-26-41(37-19-6-2-7-20-37)53(40)55-45-27-12-15-30-50(45)58-51-35-39(31-33-46(51)55)56-48-29-14-11-24-44(48)52-49(56)34-32-43-42-23-10-13-28-47(42)57(54(43)52)38-21-8-3-9-22-38/h1-35H. The van der Waals surface area contributed by atoms with Gasteiger partial charge < -0.3 is 9.13 Å². The molecule has 0 aliphatic carbocycles. The smallest absolute Gasteiger partial charge is 0.245 e. The van der Waals surface area contributed by atoms with Crippen LogP contribution in [0, 0.1) is 0 Å². The number of para-hydroxylation sites is 3. The van der Waals surface area contributed by atoms with E-state index in [2.05, 4.69) is 221 Å². The van der Waals surface area contributed by atoms with Gasteiger partial charge in [0.1, 0.15) is 0 Å². The largest absolute Gasteiger partial charge is 0.309 e. The van der Waals surface area contributed by atoms with Crippen molar-refractivity contribution in [1.82, 2.24) is 9.13 Å². The molecule has 270 valence electrons. The van der Waals surface area contributed by atoms with E-state index in [1.807, 2.05) is 11.8 Å². The van der Waals surface area contributed by atoms with Crippen LogP contribution < -0.4 is 16.4 Å². The van der Waals surface area contributed by atoms with Crippen LogP contribution in [0.3, 0.4) is 0 Å². The number of fused-ring (bicyclic) bond motifs is 9. The Kier molecular flexibility index (Phi) is 7.60. The maximum absolute atomic E-state index is 2.49. The number of rotatable bonds is 5. The van der Waals surface area contributed by atoms with E-state index >= 15 is 0 Å². The van der Waals surface area contributed by atoms with Crippen LogP contribution in [0.15, 0.2) is 222 Å². The third kappa shape index (κ3) is 5.02. The second-order valence-electron chi connectivity index (χ2n) is 15.2. The molecule has 0 amide bonds. The molecule has 1 aliphatic rings. The molecule has 0 radical (unpaired) electrons. The summed E-state index contributed by atoms with van der Waals surface area (Å²) in [5, 5.41) is 5.05. The lowest BCUT2D eigenvalue weighted by molar-refractivity contribution is 1.16. The van der Waals surface area contributed by atoms with Crippen LogP contribution in [0.25, 0.3) is 77.2 Å². The number of hydrogen-bond donors (Lipinski definition) is 0. The van der Waals surface area contributed by atoms with Gasteiger partial charge in [-0.3, -0.25) is 0 Å². The minimum Gasteiger partial charge on any atom is -0.309 e. The first-order chi connectivity index (χ1) is 28.8. The van der Waals surface area contributed by atoms with Crippen molar-refractivity contribution in [3.05, 3.63) is 212 Å². The van der Waals surface area contributed by atoms with Crippen molar-refractivity contribution in [3.63, 3.8) is 0 Å². The van der Waals surface area contributed by atoms with Crippen molar-refractivity contribution in [2.24, 2.45) is 0 Å². The average molecular weight is 755 g/mol. The molecule has 0 fully saturated rings. The van der Waals surface area contributed by atoms with E-state index in [9.17, 15) is 0 Å². The lowest BCUT2D eigenvalue weighted by Crippen LogP contribution is -2.56. The second kappa shape index (κ2) is 13.3. The summed E-state index contributed by atoms with van der Waals surface area (Å²) in [4.78, 5) is 2.59. The highest BCUT2D eigenvalue weighted by atomic mass is 32.2. The van der Waals surface area contributed by atoms with Gasteiger partial charge in [0.2, 0.25) is 6.71 Å². The molecule has 1 aliphatic heterocycles. The maximum Gasteiger partial charge on any atom is 0.245 e. The van der Waals surface area contributed by atoms with Crippen LogP contribution in [0.2, 0.25) is 0 Å². The molecule has 0 N–H and O–H groups in total. The second-order valence-corrected chi connectivity index (χ2v) is 16.3. The fraction of sp³-hybridized carbons (Fsp3) is 0. The molecular formula is C54H35BN2S. The first-order valence-corrected chi connectivity index (χ1v) is 20.8. The van der Waals surface area contributed by atoms with Crippen molar-refractivity contribution in [3.8, 4) is 33.6 Å². The van der Waals surface area contributed by atoms with Crippen molar-refractivity contribution < 1.29 is 0 Å². The lowest BCUT2D eigenvalue weighted by Gasteiger charge is -2.30. The molecule has 0 bridgehead atoms. The molecule has 0 spiro atoms. The molecule has 0 saturated heterocycles. The van der Waals surface area contributed by atoms with Gasteiger partial charge in [0.05, 0.1) is 22.1 Å². The van der Waals surface area contributed by atoms with E-state index in [0.29, 0.717) is 0 Å². The maximum atomic E-state index is 2.49. The lowest BCUT2D eigenvalue weighted by atomic mass is 9.35. The Balaban J connectivity index is 1.12. The molecule has 0 saturated carbocycles. The van der Waals surface area contributed by atoms with Crippen LogP contribution in [-0.4, -0.2) is 15.8 Å². The first-order valence-electron chi connectivity index (χ1n) is 20.0. The van der Waals surface area contributed by atoms with Gasteiger partial charge in [-0.15, -0.1) is 0 Å². The summed E-state index contributed by atoms with van der Waals surface area (Å²) >= 11 is 1.89. The molecule has 9 aromatic carbocycles. The summed E-state index contributed by atoms with van der Waals surface area (Å²) in [5.41, 5.74) is 16.2. The predicted octanol–water partition coefficient (Wildman–Crippen LogP) is 12.2. The number of hydrogen-bond acceptors (Lipinski definition) is 1. The predicted molar refractivity (Wildman–Crippen MR) is 248 cm³/mol. The van der Waals surface area contributed by atoms with E-state index < -0.39 is 0 Å². The molecule has 58 heavy (non-hydrogen) atoms. The molecule has 0 atom stereocenters. The number of nitrogens with zero attached hydrogens (tertiary/aromatic N) is 2. The highest BCUT2D eigenvalue weighted by Crippen LogP contribution is 2.43. The fourth-order valence-corrected chi connectivity index (χ4v) is 10.8. The van der Waals surface area contributed by atoms with Crippen molar-refractivity contribution >= 4 is 78.5 Å². The van der Waals surface area contributed by atoms with Crippen molar-refractivity contribution in [1.29, 1.82) is 0 Å². The Hall–Kier alpha value is -7.01. The summed E-state index contributed by atoms with van der Waals surface area (Å²) in [6.45, 7) is 0.0347. The highest BCUT2D eigenvalue weighted by Gasteiger charge is 2.35. The number of benzene rings is 9. The molecule has 2 nitrogen and oxygen atoms in total. The fourth-order valence-electron chi connectivity index (χ4n) is 9.65. The van der Waals surface area contributed by atoms with E-state index in [1.165, 1.54) is 97.7 Å². The first kappa shape index (κ1) is 33.2. The monoisotopic (exact) mass is 754 g/mol. The normalized spacial score (nSPS) is 12.4. The number of aromatic nitrogens is 2. The molecule has 4 heteroatoms. The van der Waals surface area contributed by atoms with Crippen LogP contribution in [0.5, 0.6) is 0 Å². The summed E-state index contributed by atoms with van der Waals surface area (Å²) in [6.07, 6.45) is 0. The van der Waals surface area contributed by atoms with E-state index in [4.69, 9.17) is 0 Å². The zero-order valence-electron chi connectivity index (χ0n) is 31.6. The topological polar surface area (TPSA) is 9.86 Å². The van der Waals surface area contributed by atoms with Gasteiger partial charge in [-0.1, -0.05) is 192 Å². The van der Waals surface area contributed by atoms with Crippen molar-refractivity contribution in [2.75, 3.05) is 0 Å². The van der Waals surface area contributed by atoms with Crippen molar-refractivity contribution in [2.45, 2.75) is 9.79 Å². The molecule has 12 rings (SSSR count). The SMILES string of the molecule is c1ccc(-c2cccc(-c3ccccc3)c2B2c3ccccc3Sc3cc(-n4c5ccccc5c5c4ccc4c6ccccc6n(-c6ccccc6)c45)ccc32)cc1. The third-order valence-electron chi connectivity index (χ3n) is 12.1. The van der Waals surface area contributed by atoms with Gasteiger partial charge in [-0.2, -0.15) is 0 Å². The molecular weight excluding hydrogens is 719 g/mol. The van der Waals surface area contributed by atoms with Gasteiger partial charge in [0.15, 0.2) is 0 Å². The third-order valence-corrected chi connectivity index (χ3v) is 13.2. The zero-order valence-corrected chi connectivity index (χ0v) is 32.4. The average Bonchev–Trinajstić information content (AvgIpc) is 3.82. The molecule has 11 aromatic rings. The summed E-state index contributed by atoms with van der Waals surface area (Å²) in [5.74, 6) is 0. The van der Waals surface area contributed by atoms with Gasteiger partial charge >= 0.3 is 0 Å². The van der Waals surface area contributed by atoms with Gasteiger partial charge in [0.25, 0.3) is 0 Å². The van der Waals surface area contributed by atoms with Gasteiger partial charge in [-0.05, 0) is 70.8 Å². The Morgan fingerprint density at radius 1 is 0.362 bits per heavy atom. The van der Waals surface area contributed by atoms with E-state index in [-0.39, 0.29) is 6.71 Å². The Morgan fingerprint density at radius 3 is 1.67 bits per heavy atom. The van der Waals surface area contributed by atoms with Crippen LogP contribution in [0.1, 0.15) is 0 Å². The van der Waals surface area contributed by atoms with Crippen LogP contribution in [-0.2, 0) is 0 Å². The zero-order chi connectivity index (χ0) is 38.2. The minimum atomic E-state index is 0.0347. The van der Waals surface area contributed by atoms with Crippen LogP contribution in [0.4, 0.5) is 0 Å². The summed E-state index contributed by atoms with van der Waals surface area (Å²) in [7, 11) is 0. The quantitative estimate of drug-likeness (QED) is 0.159. The summed E-state index contributed by atoms with van der Waals surface area (Å²) in [6, 6.07) is 78.1. The minimum absolute atomic E-state index is 0.0347. The Bertz CT molecular complexity index is 3310. The van der Waals surface area contributed by atoms with E-state index in [0.717, 1.165) is 5.69 Å². The highest BCUT2D eigenvalue weighted by molar-refractivity contribution is 8.00. The van der Waals surface area contributed by atoms with E-state index in [1.54, 1.807) is 0 Å². The molecule has 0 unspecified atom stereocenters. The Morgan fingerprint density at radius 2 is 0.948 bits per heavy atom. The summed E-state index contributed by atoms with van der Waals surface area (Å²) < 4.78 is 4.95. The van der Waals surface area contributed by atoms with Gasteiger partial charge in [-0.25, -0.2) is 0 Å². The van der Waals surface area contributed by atoms with Crippen LogP contribution >= 0.6 is 11.8 Å². The molecule has 3 heterocycles. The Labute approximate surface area is 341 Å². The van der Waals surface area contributed by atoms with Gasteiger partial charge in [0, 0.05) is 42.7 Å².